The molecule has 0 saturated carbocycles. The standard InChI is InChI=1S/C25H24ClFN4/c1-15(2)14-29-21-12-11-17(13-20(21)28)24-23(16-7-4-3-5-8-16)30-25(31-24)22-18(26)9-6-10-19(22)27/h3-13,15,29H,14,28H2,1-2H3,(H,30,31). The van der Waals surface area contributed by atoms with Gasteiger partial charge in [0.05, 0.1) is 33.3 Å². The highest BCUT2D eigenvalue weighted by Crippen LogP contribution is 2.37. The molecule has 0 amide bonds. The van der Waals surface area contributed by atoms with Gasteiger partial charge in [-0.15, -0.1) is 0 Å². The van der Waals surface area contributed by atoms with Crippen molar-refractivity contribution in [1.29, 1.82) is 0 Å². The number of halogens is 2. The number of imidazole rings is 1. The fourth-order valence-corrected chi connectivity index (χ4v) is 3.68. The number of aromatic nitrogens is 2. The highest BCUT2D eigenvalue weighted by Gasteiger charge is 2.19. The van der Waals surface area contributed by atoms with Gasteiger partial charge in [-0.3, -0.25) is 0 Å². The van der Waals surface area contributed by atoms with Gasteiger partial charge in [-0.2, -0.15) is 0 Å². The van der Waals surface area contributed by atoms with Crippen LogP contribution in [0.3, 0.4) is 0 Å². The average molecular weight is 435 g/mol. The van der Waals surface area contributed by atoms with Crippen LogP contribution in [0.5, 0.6) is 0 Å². The molecule has 158 valence electrons. The van der Waals surface area contributed by atoms with Gasteiger partial charge >= 0.3 is 0 Å². The molecule has 0 radical (unpaired) electrons. The summed E-state index contributed by atoms with van der Waals surface area (Å²) in [4.78, 5) is 8.01. The Morgan fingerprint density at radius 3 is 2.48 bits per heavy atom. The maximum absolute atomic E-state index is 14.6. The molecule has 4 N–H and O–H groups in total. The van der Waals surface area contributed by atoms with Crippen LogP contribution >= 0.6 is 11.6 Å². The summed E-state index contributed by atoms with van der Waals surface area (Å²) in [5, 5.41) is 3.66. The third-order valence-electron chi connectivity index (χ3n) is 4.99. The third-order valence-corrected chi connectivity index (χ3v) is 5.31. The lowest BCUT2D eigenvalue weighted by Crippen LogP contribution is -2.09. The van der Waals surface area contributed by atoms with Crippen molar-refractivity contribution in [2.75, 3.05) is 17.6 Å². The van der Waals surface area contributed by atoms with E-state index >= 15 is 0 Å². The highest BCUT2D eigenvalue weighted by atomic mass is 35.5. The number of nitrogen functional groups attached to an aromatic ring is 1. The topological polar surface area (TPSA) is 66.7 Å². The lowest BCUT2D eigenvalue weighted by atomic mass is 10.0. The number of anilines is 2. The Morgan fingerprint density at radius 2 is 1.81 bits per heavy atom. The van der Waals surface area contributed by atoms with Gasteiger partial charge in [-0.1, -0.05) is 67.9 Å². The van der Waals surface area contributed by atoms with Crippen LogP contribution in [0.4, 0.5) is 15.8 Å². The van der Waals surface area contributed by atoms with Gasteiger partial charge in [0.15, 0.2) is 0 Å². The summed E-state index contributed by atoms with van der Waals surface area (Å²) in [5.74, 6) is 0.445. The lowest BCUT2D eigenvalue weighted by Gasteiger charge is -2.12. The van der Waals surface area contributed by atoms with E-state index in [-0.39, 0.29) is 5.56 Å². The van der Waals surface area contributed by atoms with Gasteiger partial charge in [0.2, 0.25) is 0 Å². The van der Waals surface area contributed by atoms with E-state index in [4.69, 9.17) is 22.3 Å². The molecule has 0 atom stereocenters. The van der Waals surface area contributed by atoms with Crippen molar-refractivity contribution in [3.8, 4) is 33.9 Å². The second kappa shape index (κ2) is 8.82. The van der Waals surface area contributed by atoms with E-state index in [1.54, 1.807) is 12.1 Å². The summed E-state index contributed by atoms with van der Waals surface area (Å²) in [7, 11) is 0. The molecule has 1 aromatic heterocycles. The minimum atomic E-state index is -0.430. The first-order chi connectivity index (χ1) is 14.9. The predicted molar refractivity (Wildman–Crippen MR) is 128 cm³/mol. The van der Waals surface area contributed by atoms with Gasteiger partial charge in [-0.05, 0) is 30.2 Å². The van der Waals surface area contributed by atoms with Crippen LogP contribution in [-0.2, 0) is 0 Å². The fourth-order valence-electron chi connectivity index (χ4n) is 3.42. The molecule has 0 aliphatic carbocycles. The second-order valence-electron chi connectivity index (χ2n) is 7.85. The maximum atomic E-state index is 14.6. The van der Waals surface area contributed by atoms with Crippen molar-refractivity contribution in [1.82, 2.24) is 9.97 Å². The molecular formula is C25H24ClFN4. The van der Waals surface area contributed by atoms with Gasteiger partial charge in [0, 0.05) is 17.7 Å². The van der Waals surface area contributed by atoms with Gasteiger partial charge in [0.25, 0.3) is 0 Å². The fraction of sp³-hybridized carbons (Fsp3) is 0.160. The summed E-state index contributed by atoms with van der Waals surface area (Å²) in [6.07, 6.45) is 0. The van der Waals surface area contributed by atoms with Gasteiger partial charge in [-0.25, -0.2) is 9.37 Å². The molecule has 0 aliphatic heterocycles. The first-order valence-corrected chi connectivity index (χ1v) is 10.6. The smallest absolute Gasteiger partial charge is 0.143 e. The second-order valence-corrected chi connectivity index (χ2v) is 8.26. The minimum Gasteiger partial charge on any atom is -0.397 e. The number of hydrogen-bond donors (Lipinski definition) is 3. The molecule has 0 aliphatic rings. The summed E-state index contributed by atoms with van der Waals surface area (Å²) < 4.78 is 14.6. The number of nitrogens with zero attached hydrogens (tertiary/aromatic N) is 1. The minimum absolute atomic E-state index is 0.246. The van der Waals surface area contributed by atoms with E-state index in [2.05, 4.69) is 24.1 Å². The van der Waals surface area contributed by atoms with Crippen LogP contribution in [0, 0.1) is 11.7 Å². The quantitative estimate of drug-likeness (QED) is 0.290. The first kappa shape index (κ1) is 20.9. The van der Waals surface area contributed by atoms with Crippen LogP contribution in [0.2, 0.25) is 5.02 Å². The van der Waals surface area contributed by atoms with Crippen molar-refractivity contribution in [3.05, 3.63) is 77.6 Å². The first-order valence-electron chi connectivity index (χ1n) is 10.2. The molecule has 6 heteroatoms. The molecule has 0 bridgehead atoms. The number of aromatic amines is 1. The zero-order valence-electron chi connectivity index (χ0n) is 17.4. The van der Waals surface area contributed by atoms with Crippen LogP contribution in [0.1, 0.15) is 13.8 Å². The van der Waals surface area contributed by atoms with Gasteiger partial charge in [0.1, 0.15) is 11.6 Å². The maximum Gasteiger partial charge on any atom is 0.143 e. The number of rotatable bonds is 6. The van der Waals surface area contributed by atoms with E-state index in [1.165, 1.54) is 6.07 Å². The Hall–Kier alpha value is -3.31. The van der Waals surface area contributed by atoms with Crippen LogP contribution in [-0.4, -0.2) is 16.5 Å². The van der Waals surface area contributed by atoms with Crippen molar-refractivity contribution >= 4 is 23.0 Å². The van der Waals surface area contributed by atoms with Crippen molar-refractivity contribution < 1.29 is 4.39 Å². The molecule has 4 rings (SSSR count). The van der Waals surface area contributed by atoms with E-state index in [9.17, 15) is 4.39 Å². The molecule has 31 heavy (non-hydrogen) atoms. The van der Waals surface area contributed by atoms with Crippen LogP contribution in [0.15, 0.2) is 66.7 Å². The molecule has 0 spiro atoms. The third kappa shape index (κ3) is 4.42. The Labute approximate surface area is 186 Å². The van der Waals surface area contributed by atoms with Crippen molar-refractivity contribution in [3.63, 3.8) is 0 Å². The summed E-state index contributed by atoms with van der Waals surface area (Å²) >= 11 is 6.30. The highest BCUT2D eigenvalue weighted by molar-refractivity contribution is 6.33. The monoisotopic (exact) mass is 434 g/mol. The molecule has 3 aromatic carbocycles. The van der Waals surface area contributed by atoms with Gasteiger partial charge < -0.3 is 16.0 Å². The molecule has 0 saturated heterocycles. The number of nitrogens with two attached hydrogens (primary N) is 1. The average Bonchev–Trinajstić information content (AvgIpc) is 3.18. The Morgan fingerprint density at radius 1 is 1.03 bits per heavy atom. The van der Waals surface area contributed by atoms with E-state index in [0.29, 0.717) is 28.1 Å². The number of nitrogens with one attached hydrogen (secondary N) is 2. The normalized spacial score (nSPS) is 11.1. The Bertz CT molecular complexity index is 1180. The van der Waals surface area contributed by atoms with Crippen LogP contribution in [0.25, 0.3) is 33.9 Å². The molecule has 4 aromatic rings. The summed E-state index contributed by atoms with van der Waals surface area (Å²) in [6.45, 7) is 5.11. The number of benzene rings is 3. The largest absolute Gasteiger partial charge is 0.397 e. The SMILES string of the molecule is CC(C)CNc1ccc(-c2nc(-c3c(F)cccc3Cl)[nH]c2-c2ccccc2)cc1N. The zero-order chi connectivity index (χ0) is 22.0. The number of hydrogen-bond acceptors (Lipinski definition) is 3. The predicted octanol–water partition coefficient (Wildman–Crippen LogP) is 6.85. The van der Waals surface area contributed by atoms with E-state index in [1.807, 2.05) is 48.5 Å². The zero-order valence-corrected chi connectivity index (χ0v) is 18.2. The van der Waals surface area contributed by atoms with Crippen molar-refractivity contribution in [2.24, 2.45) is 5.92 Å². The molecule has 0 fully saturated rings. The van der Waals surface area contributed by atoms with E-state index in [0.717, 1.165) is 29.1 Å². The molecule has 1 heterocycles. The van der Waals surface area contributed by atoms with E-state index < -0.39 is 5.82 Å². The summed E-state index contributed by atoms with van der Waals surface area (Å²) in [6, 6.07) is 20.2. The van der Waals surface area contributed by atoms with Crippen LogP contribution < -0.4 is 11.1 Å². The molecule has 4 nitrogen and oxygen atoms in total. The number of H-pyrrole nitrogens is 1. The Kier molecular flexibility index (Phi) is 5.96. The summed E-state index contributed by atoms with van der Waals surface area (Å²) in [5.41, 5.74) is 11.3. The Balaban J connectivity index is 1.83. The van der Waals surface area contributed by atoms with Crippen molar-refractivity contribution in [2.45, 2.75) is 13.8 Å². The lowest BCUT2D eigenvalue weighted by molar-refractivity contribution is 0.630. The molecular weight excluding hydrogens is 411 g/mol. The molecule has 0 unspecified atom stereocenters.